The average molecular weight is 484 g/mol. The molecule has 2 heterocycles. The second-order valence-electron chi connectivity index (χ2n) is 8.75. The molecule has 0 spiro atoms. The van der Waals surface area contributed by atoms with E-state index >= 15 is 0 Å². The molecule has 1 N–H and O–H groups in total. The van der Waals surface area contributed by atoms with Crippen molar-refractivity contribution >= 4 is 33.7 Å². The molecule has 5 rings (SSSR count). The summed E-state index contributed by atoms with van der Waals surface area (Å²) in [5.74, 6) is 0.284. The lowest BCUT2D eigenvalue weighted by molar-refractivity contribution is -0.116. The molecule has 1 amide bonds. The first-order chi connectivity index (χ1) is 17.4. The van der Waals surface area contributed by atoms with E-state index in [2.05, 4.69) is 5.32 Å². The molecule has 2 aromatic heterocycles. The lowest BCUT2D eigenvalue weighted by Gasteiger charge is -2.13. The predicted molar refractivity (Wildman–Crippen MR) is 139 cm³/mol. The van der Waals surface area contributed by atoms with Crippen LogP contribution in [0.25, 0.3) is 22.1 Å². The number of para-hydroxylation sites is 1. The molecule has 0 aliphatic heterocycles. The molecule has 0 fully saturated rings. The number of nitrogens with zero attached hydrogens (tertiary/aromatic N) is 2. The number of furan rings is 1. The van der Waals surface area contributed by atoms with E-state index in [0.717, 1.165) is 21.3 Å². The third kappa shape index (κ3) is 4.17. The van der Waals surface area contributed by atoms with Gasteiger partial charge in [0.25, 0.3) is 5.56 Å². The third-order valence-electron chi connectivity index (χ3n) is 6.21. The van der Waals surface area contributed by atoms with E-state index in [0.29, 0.717) is 27.9 Å². The maximum atomic E-state index is 13.7. The maximum absolute atomic E-state index is 13.7. The highest BCUT2D eigenvalue weighted by Crippen LogP contribution is 2.26. The minimum atomic E-state index is -0.592. The van der Waals surface area contributed by atoms with Gasteiger partial charge in [-0.25, -0.2) is 4.79 Å². The normalized spacial score (nSPS) is 11.2. The van der Waals surface area contributed by atoms with Gasteiger partial charge in [-0.2, -0.15) is 0 Å². The van der Waals surface area contributed by atoms with Crippen LogP contribution in [0.5, 0.6) is 5.75 Å². The second kappa shape index (κ2) is 9.22. The number of nitrogens with one attached hydrogen (secondary N) is 1. The van der Waals surface area contributed by atoms with Crippen LogP contribution in [0, 0.1) is 13.8 Å². The van der Waals surface area contributed by atoms with Crippen molar-refractivity contribution in [2.24, 2.45) is 0 Å². The molecular formula is C28H25N3O5. The van der Waals surface area contributed by atoms with Crippen molar-refractivity contribution in [1.29, 1.82) is 0 Å². The summed E-state index contributed by atoms with van der Waals surface area (Å²) in [6.45, 7) is 3.58. The Morgan fingerprint density at radius 3 is 2.47 bits per heavy atom. The summed E-state index contributed by atoms with van der Waals surface area (Å²) in [4.78, 5) is 40.2. The zero-order valence-corrected chi connectivity index (χ0v) is 20.2. The molecule has 0 aliphatic carbocycles. The lowest BCUT2D eigenvalue weighted by atomic mass is 10.1. The molecule has 0 bridgehead atoms. The molecule has 5 aromatic rings. The minimum Gasteiger partial charge on any atom is -0.497 e. The van der Waals surface area contributed by atoms with E-state index in [9.17, 15) is 14.4 Å². The van der Waals surface area contributed by atoms with Crippen LogP contribution < -0.4 is 21.3 Å². The van der Waals surface area contributed by atoms with Crippen LogP contribution in [0.15, 0.2) is 80.7 Å². The first-order valence-corrected chi connectivity index (χ1v) is 11.5. The summed E-state index contributed by atoms with van der Waals surface area (Å²) in [7, 11) is 1.57. The molecule has 0 saturated heterocycles. The van der Waals surface area contributed by atoms with Crippen LogP contribution in [0.2, 0.25) is 0 Å². The van der Waals surface area contributed by atoms with Crippen LogP contribution in [0.3, 0.4) is 0 Å². The molecule has 8 nitrogen and oxygen atoms in total. The molecule has 0 atom stereocenters. The number of rotatable bonds is 6. The highest BCUT2D eigenvalue weighted by Gasteiger charge is 2.21. The Balaban J connectivity index is 1.63. The smallest absolute Gasteiger partial charge is 0.332 e. The summed E-state index contributed by atoms with van der Waals surface area (Å²) in [6, 6.07) is 19.9. The van der Waals surface area contributed by atoms with Gasteiger partial charge in [0, 0.05) is 11.1 Å². The Morgan fingerprint density at radius 1 is 0.972 bits per heavy atom. The number of ether oxygens (including phenoxy) is 1. The van der Waals surface area contributed by atoms with Gasteiger partial charge < -0.3 is 14.5 Å². The number of carbonyl (C=O) groups excluding carboxylic acids is 1. The van der Waals surface area contributed by atoms with Crippen molar-refractivity contribution in [3.63, 3.8) is 0 Å². The molecule has 0 unspecified atom stereocenters. The highest BCUT2D eigenvalue weighted by atomic mass is 16.5. The average Bonchev–Trinajstić information content (AvgIpc) is 3.27. The van der Waals surface area contributed by atoms with Crippen LogP contribution >= 0.6 is 0 Å². The molecule has 36 heavy (non-hydrogen) atoms. The molecular weight excluding hydrogens is 458 g/mol. The van der Waals surface area contributed by atoms with Crippen LogP contribution in [-0.4, -0.2) is 22.2 Å². The fourth-order valence-electron chi connectivity index (χ4n) is 4.30. The second-order valence-corrected chi connectivity index (χ2v) is 8.75. The summed E-state index contributed by atoms with van der Waals surface area (Å²) in [5, 5.41) is 3.49. The standard InChI is InChI=1S/C28H25N3O5/c1-17-8-9-18(2)22(14-17)29-24(32)16-30-25-21-6-4-5-7-23(21)36-26(25)27(33)31(28(30)34)15-19-10-12-20(35-3)13-11-19/h4-14H,15-16H2,1-3H3,(H,29,32). The number of amides is 1. The van der Waals surface area contributed by atoms with E-state index in [1.165, 1.54) is 4.57 Å². The van der Waals surface area contributed by atoms with Gasteiger partial charge in [-0.1, -0.05) is 36.4 Å². The Labute approximate surface area is 206 Å². The third-order valence-corrected chi connectivity index (χ3v) is 6.21. The molecule has 0 aliphatic rings. The van der Waals surface area contributed by atoms with Crippen molar-refractivity contribution in [3.05, 3.63) is 104 Å². The molecule has 0 saturated carbocycles. The monoisotopic (exact) mass is 483 g/mol. The van der Waals surface area contributed by atoms with Gasteiger partial charge in [0.2, 0.25) is 11.5 Å². The topological polar surface area (TPSA) is 95.5 Å². The maximum Gasteiger partial charge on any atom is 0.332 e. The summed E-state index contributed by atoms with van der Waals surface area (Å²) in [5.41, 5.74) is 2.99. The number of aromatic nitrogens is 2. The number of carbonyl (C=O) groups is 1. The van der Waals surface area contributed by atoms with Crippen molar-refractivity contribution in [1.82, 2.24) is 9.13 Å². The first kappa shape index (κ1) is 23.2. The van der Waals surface area contributed by atoms with Gasteiger partial charge in [0.1, 0.15) is 23.4 Å². The SMILES string of the molecule is COc1ccc(Cn2c(=O)c3oc4ccccc4c3n(CC(=O)Nc3cc(C)ccc3C)c2=O)cc1. The number of methoxy groups -OCH3 is 1. The van der Waals surface area contributed by atoms with Crippen LogP contribution in [0.1, 0.15) is 16.7 Å². The van der Waals surface area contributed by atoms with Crippen LogP contribution in [-0.2, 0) is 17.9 Å². The predicted octanol–water partition coefficient (Wildman–Crippen LogP) is 4.22. The summed E-state index contributed by atoms with van der Waals surface area (Å²) >= 11 is 0. The quantitative estimate of drug-likeness (QED) is 0.390. The van der Waals surface area contributed by atoms with Crippen LogP contribution in [0.4, 0.5) is 5.69 Å². The van der Waals surface area contributed by atoms with E-state index in [4.69, 9.17) is 9.15 Å². The van der Waals surface area contributed by atoms with Gasteiger partial charge in [-0.3, -0.25) is 18.7 Å². The van der Waals surface area contributed by atoms with Gasteiger partial charge in [0.15, 0.2) is 0 Å². The van der Waals surface area contributed by atoms with E-state index in [1.54, 1.807) is 55.6 Å². The Kier molecular flexibility index (Phi) is 5.93. The lowest BCUT2D eigenvalue weighted by Crippen LogP contribution is -2.41. The molecule has 0 radical (unpaired) electrons. The Morgan fingerprint density at radius 2 is 1.72 bits per heavy atom. The fourth-order valence-corrected chi connectivity index (χ4v) is 4.30. The number of benzene rings is 3. The van der Waals surface area contributed by atoms with Crippen molar-refractivity contribution in [2.75, 3.05) is 12.4 Å². The minimum absolute atomic E-state index is 0.0211. The number of fused-ring (bicyclic) bond motifs is 3. The van der Waals surface area contributed by atoms with Crippen molar-refractivity contribution in [3.8, 4) is 5.75 Å². The van der Waals surface area contributed by atoms with E-state index in [-0.39, 0.29) is 24.6 Å². The molecule has 8 heteroatoms. The van der Waals surface area contributed by atoms with Crippen molar-refractivity contribution < 1.29 is 13.9 Å². The zero-order chi connectivity index (χ0) is 25.4. The number of hydrogen-bond donors (Lipinski definition) is 1. The summed E-state index contributed by atoms with van der Waals surface area (Å²) < 4.78 is 13.5. The summed E-state index contributed by atoms with van der Waals surface area (Å²) in [6.07, 6.45) is 0. The van der Waals surface area contributed by atoms with Gasteiger partial charge in [-0.05, 0) is 60.9 Å². The van der Waals surface area contributed by atoms with Crippen molar-refractivity contribution in [2.45, 2.75) is 26.9 Å². The molecule has 3 aromatic carbocycles. The highest BCUT2D eigenvalue weighted by molar-refractivity contribution is 6.03. The van der Waals surface area contributed by atoms with Gasteiger partial charge in [-0.15, -0.1) is 0 Å². The first-order valence-electron chi connectivity index (χ1n) is 11.5. The number of hydrogen-bond acceptors (Lipinski definition) is 5. The Bertz CT molecular complexity index is 1730. The zero-order valence-electron chi connectivity index (χ0n) is 20.2. The largest absolute Gasteiger partial charge is 0.497 e. The van der Waals surface area contributed by atoms with Gasteiger partial charge >= 0.3 is 5.69 Å². The molecule has 182 valence electrons. The van der Waals surface area contributed by atoms with E-state index in [1.807, 2.05) is 32.0 Å². The number of aryl methyl sites for hydroxylation is 2. The van der Waals surface area contributed by atoms with Gasteiger partial charge in [0.05, 0.1) is 13.7 Å². The number of anilines is 1. The Hall–Kier alpha value is -4.59. The van der Waals surface area contributed by atoms with E-state index < -0.39 is 11.2 Å². The fraction of sp³-hybridized carbons (Fsp3) is 0.179.